The van der Waals surface area contributed by atoms with E-state index in [0.717, 1.165) is 12.8 Å². The molecule has 0 bridgehead atoms. The fraction of sp³-hybridized carbons (Fsp3) is 0.824. The van der Waals surface area contributed by atoms with Crippen LogP contribution in [0.4, 0.5) is 4.79 Å². The van der Waals surface area contributed by atoms with Crippen molar-refractivity contribution in [2.75, 3.05) is 13.7 Å². The standard InChI is InChI=1S/C17H28N2O5/c1-6-11-10-17(11,14(21)23-5)18-13(20)12-8-7-9-19(12)15(22)24-16(2,3)4/h11-12H,6-10H2,1-5H3,(H,18,20)/t11-,12+,17-/m1/s1. The van der Waals surface area contributed by atoms with E-state index in [1.54, 1.807) is 20.8 Å². The number of methoxy groups -OCH3 is 1. The van der Waals surface area contributed by atoms with Crippen molar-refractivity contribution >= 4 is 18.0 Å². The van der Waals surface area contributed by atoms with Crippen LogP contribution in [-0.2, 0) is 19.1 Å². The summed E-state index contributed by atoms with van der Waals surface area (Å²) in [6.45, 7) is 7.83. The molecule has 7 nitrogen and oxygen atoms in total. The molecule has 2 amide bonds. The van der Waals surface area contributed by atoms with Crippen molar-refractivity contribution in [3.63, 3.8) is 0 Å². The van der Waals surface area contributed by atoms with Crippen LogP contribution in [0.15, 0.2) is 0 Å². The zero-order valence-electron chi connectivity index (χ0n) is 15.2. The molecule has 3 atom stereocenters. The van der Waals surface area contributed by atoms with E-state index in [1.807, 2.05) is 6.92 Å². The number of nitrogens with one attached hydrogen (secondary N) is 1. The molecule has 0 spiro atoms. The molecule has 1 N–H and O–H groups in total. The molecule has 1 aliphatic carbocycles. The van der Waals surface area contributed by atoms with Crippen LogP contribution in [0, 0.1) is 5.92 Å². The summed E-state index contributed by atoms with van der Waals surface area (Å²) in [5.74, 6) is -0.630. The number of amides is 2. The molecule has 0 radical (unpaired) electrons. The highest BCUT2D eigenvalue weighted by atomic mass is 16.6. The highest BCUT2D eigenvalue weighted by Crippen LogP contribution is 2.47. The Morgan fingerprint density at radius 3 is 2.46 bits per heavy atom. The Labute approximate surface area is 143 Å². The second-order valence-corrected chi connectivity index (χ2v) is 7.59. The van der Waals surface area contributed by atoms with Gasteiger partial charge in [-0.3, -0.25) is 9.69 Å². The van der Waals surface area contributed by atoms with Crippen molar-refractivity contribution < 1.29 is 23.9 Å². The normalized spacial score (nSPS) is 29.1. The molecule has 0 unspecified atom stereocenters. The minimum atomic E-state index is -0.928. The van der Waals surface area contributed by atoms with Crippen LogP contribution >= 0.6 is 0 Å². The van der Waals surface area contributed by atoms with Gasteiger partial charge in [-0.15, -0.1) is 0 Å². The Morgan fingerprint density at radius 1 is 1.29 bits per heavy atom. The van der Waals surface area contributed by atoms with Crippen LogP contribution in [-0.4, -0.2) is 53.7 Å². The number of carbonyl (C=O) groups excluding carboxylic acids is 3. The number of hydrogen-bond donors (Lipinski definition) is 1. The Balaban J connectivity index is 2.06. The minimum Gasteiger partial charge on any atom is -0.467 e. The minimum absolute atomic E-state index is 0.0882. The Kier molecular flexibility index (Phi) is 5.11. The number of ether oxygens (including phenoxy) is 2. The molecule has 1 saturated heterocycles. The molecule has 0 aromatic rings. The summed E-state index contributed by atoms with van der Waals surface area (Å²) in [6.07, 6.45) is 2.19. The summed E-state index contributed by atoms with van der Waals surface area (Å²) in [5, 5.41) is 2.85. The molecule has 2 fully saturated rings. The first-order chi connectivity index (χ1) is 11.1. The van der Waals surface area contributed by atoms with Crippen molar-refractivity contribution in [1.29, 1.82) is 0 Å². The highest BCUT2D eigenvalue weighted by molar-refractivity contribution is 5.94. The molecular formula is C17H28N2O5. The molecular weight excluding hydrogens is 312 g/mol. The quantitative estimate of drug-likeness (QED) is 0.790. The van der Waals surface area contributed by atoms with E-state index in [9.17, 15) is 14.4 Å². The van der Waals surface area contributed by atoms with E-state index in [0.29, 0.717) is 19.4 Å². The summed E-state index contributed by atoms with van der Waals surface area (Å²) in [6, 6.07) is -0.598. The highest BCUT2D eigenvalue weighted by Gasteiger charge is 2.61. The summed E-state index contributed by atoms with van der Waals surface area (Å²) >= 11 is 0. The lowest BCUT2D eigenvalue weighted by molar-refractivity contribution is -0.147. The molecule has 1 aliphatic heterocycles. The number of hydrogen-bond acceptors (Lipinski definition) is 5. The molecule has 136 valence electrons. The van der Waals surface area contributed by atoms with E-state index < -0.39 is 29.2 Å². The van der Waals surface area contributed by atoms with Gasteiger partial charge in [0.15, 0.2) is 0 Å². The maximum atomic E-state index is 12.7. The number of nitrogens with zero attached hydrogens (tertiary/aromatic N) is 1. The molecule has 7 heteroatoms. The number of likely N-dealkylation sites (tertiary alicyclic amines) is 1. The first kappa shape index (κ1) is 18.5. The average molecular weight is 340 g/mol. The van der Waals surface area contributed by atoms with Crippen molar-refractivity contribution in [2.45, 2.75) is 70.6 Å². The first-order valence-corrected chi connectivity index (χ1v) is 8.54. The zero-order chi connectivity index (χ0) is 18.1. The van der Waals surface area contributed by atoms with E-state index in [-0.39, 0.29) is 11.8 Å². The van der Waals surface area contributed by atoms with E-state index in [4.69, 9.17) is 9.47 Å². The van der Waals surface area contributed by atoms with Gasteiger partial charge in [0.25, 0.3) is 0 Å². The summed E-state index contributed by atoms with van der Waals surface area (Å²) in [5.41, 5.74) is -1.54. The summed E-state index contributed by atoms with van der Waals surface area (Å²) in [7, 11) is 1.32. The van der Waals surface area contributed by atoms with Gasteiger partial charge >= 0.3 is 12.1 Å². The molecule has 24 heavy (non-hydrogen) atoms. The second kappa shape index (κ2) is 6.61. The third kappa shape index (κ3) is 3.65. The predicted octanol–water partition coefficient (Wildman–Crippen LogP) is 1.84. The van der Waals surface area contributed by atoms with Gasteiger partial charge in [-0.05, 0) is 46.0 Å². The number of carbonyl (C=O) groups is 3. The van der Waals surface area contributed by atoms with E-state index >= 15 is 0 Å². The second-order valence-electron chi connectivity index (χ2n) is 7.59. The van der Waals surface area contributed by atoms with Gasteiger partial charge in [0.05, 0.1) is 7.11 Å². The lowest BCUT2D eigenvalue weighted by Gasteiger charge is -2.29. The van der Waals surface area contributed by atoms with Crippen LogP contribution in [0.25, 0.3) is 0 Å². The van der Waals surface area contributed by atoms with Gasteiger partial charge < -0.3 is 14.8 Å². The fourth-order valence-electron chi connectivity index (χ4n) is 3.34. The zero-order valence-corrected chi connectivity index (χ0v) is 15.2. The van der Waals surface area contributed by atoms with E-state index in [2.05, 4.69) is 5.32 Å². The van der Waals surface area contributed by atoms with Crippen molar-refractivity contribution in [1.82, 2.24) is 10.2 Å². The van der Waals surface area contributed by atoms with Crippen molar-refractivity contribution in [3.05, 3.63) is 0 Å². The monoisotopic (exact) mass is 340 g/mol. The van der Waals surface area contributed by atoms with Gasteiger partial charge in [0.1, 0.15) is 17.2 Å². The lowest BCUT2D eigenvalue weighted by atomic mass is 10.1. The van der Waals surface area contributed by atoms with E-state index in [1.165, 1.54) is 12.0 Å². The van der Waals surface area contributed by atoms with Crippen LogP contribution in [0.2, 0.25) is 0 Å². The molecule has 1 heterocycles. The summed E-state index contributed by atoms with van der Waals surface area (Å²) < 4.78 is 10.2. The molecule has 0 aromatic carbocycles. The topological polar surface area (TPSA) is 84.9 Å². The first-order valence-electron chi connectivity index (χ1n) is 8.54. The average Bonchev–Trinajstić information content (AvgIpc) is 2.97. The lowest BCUT2D eigenvalue weighted by Crippen LogP contribution is -2.53. The molecule has 1 saturated carbocycles. The van der Waals surface area contributed by atoms with Gasteiger partial charge in [0.2, 0.25) is 5.91 Å². The molecule has 0 aromatic heterocycles. The third-order valence-electron chi connectivity index (χ3n) is 4.68. The number of esters is 1. The third-order valence-corrected chi connectivity index (χ3v) is 4.68. The maximum absolute atomic E-state index is 12.7. The van der Waals surface area contributed by atoms with Crippen LogP contribution < -0.4 is 5.32 Å². The fourth-order valence-corrected chi connectivity index (χ4v) is 3.34. The van der Waals surface area contributed by atoms with Crippen LogP contribution in [0.5, 0.6) is 0 Å². The Morgan fingerprint density at radius 2 is 1.96 bits per heavy atom. The van der Waals surface area contributed by atoms with Gasteiger partial charge in [-0.2, -0.15) is 0 Å². The van der Waals surface area contributed by atoms with Crippen LogP contribution in [0.1, 0.15) is 53.4 Å². The van der Waals surface area contributed by atoms with Gasteiger partial charge in [-0.25, -0.2) is 9.59 Å². The van der Waals surface area contributed by atoms with Gasteiger partial charge in [0, 0.05) is 6.54 Å². The SMILES string of the molecule is CC[C@@H]1C[C@]1(NC(=O)[C@@H]1CCCN1C(=O)OC(C)(C)C)C(=O)OC. The number of rotatable bonds is 4. The smallest absolute Gasteiger partial charge is 0.410 e. The predicted molar refractivity (Wildman–Crippen MR) is 87.2 cm³/mol. The maximum Gasteiger partial charge on any atom is 0.410 e. The summed E-state index contributed by atoms with van der Waals surface area (Å²) in [4.78, 5) is 38.5. The van der Waals surface area contributed by atoms with Gasteiger partial charge in [-0.1, -0.05) is 13.3 Å². The van der Waals surface area contributed by atoms with Crippen molar-refractivity contribution in [3.8, 4) is 0 Å². The Hall–Kier alpha value is -1.79. The Bertz CT molecular complexity index is 528. The molecule has 2 rings (SSSR count). The van der Waals surface area contributed by atoms with Crippen LogP contribution in [0.3, 0.4) is 0 Å². The van der Waals surface area contributed by atoms with Crippen molar-refractivity contribution in [2.24, 2.45) is 5.92 Å². The molecule has 2 aliphatic rings. The largest absolute Gasteiger partial charge is 0.467 e.